The van der Waals surface area contributed by atoms with Gasteiger partial charge in [-0.05, 0) is 37.8 Å². The summed E-state index contributed by atoms with van der Waals surface area (Å²) in [6.45, 7) is 2.07. The molecule has 1 unspecified atom stereocenters. The molecule has 2 aromatic rings. The van der Waals surface area contributed by atoms with Crippen molar-refractivity contribution in [3.63, 3.8) is 0 Å². The molecule has 0 fully saturated rings. The SMILES string of the molecule is Cc1cccc(CC(O)CCc2ccnn2C)c1. The lowest BCUT2D eigenvalue weighted by atomic mass is 10.0. The van der Waals surface area contributed by atoms with Crippen LogP contribution >= 0.6 is 0 Å². The van der Waals surface area contributed by atoms with E-state index < -0.39 is 0 Å². The quantitative estimate of drug-likeness (QED) is 0.876. The summed E-state index contributed by atoms with van der Waals surface area (Å²) in [4.78, 5) is 0. The Labute approximate surface area is 108 Å². The van der Waals surface area contributed by atoms with E-state index >= 15 is 0 Å². The maximum Gasteiger partial charge on any atom is 0.0584 e. The van der Waals surface area contributed by atoms with E-state index in [1.54, 1.807) is 6.20 Å². The molecule has 0 radical (unpaired) electrons. The van der Waals surface area contributed by atoms with E-state index in [0.29, 0.717) is 0 Å². The molecular formula is C15H20N2O. The van der Waals surface area contributed by atoms with E-state index in [9.17, 15) is 5.11 Å². The summed E-state index contributed by atoms with van der Waals surface area (Å²) < 4.78 is 1.86. The van der Waals surface area contributed by atoms with Crippen LogP contribution in [0.3, 0.4) is 0 Å². The number of hydrogen-bond acceptors (Lipinski definition) is 2. The highest BCUT2D eigenvalue weighted by Crippen LogP contribution is 2.11. The molecule has 18 heavy (non-hydrogen) atoms. The van der Waals surface area contributed by atoms with Gasteiger partial charge in [0.1, 0.15) is 0 Å². The summed E-state index contributed by atoms with van der Waals surface area (Å²) in [7, 11) is 1.93. The molecule has 0 aliphatic heterocycles. The van der Waals surface area contributed by atoms with Crippen LogP contribution in [0.15, 0.2) is 36.5 Å². The minimum Gasteiger partial charge on any atom is -0.393 e. The van der Waals surface area contributed by atoms with Crippen molar-refractivity contribution in [3.05, 3.63) is 53.3 Å². The van der Waals surface area contributed by atoms with Gasteiger partial charge in [0.15, 0.2) is 0 Å². The van der Waals surface area contributed by atoms with Crippen molar-refractivity contribution in [1.82, 2.24) is 9.78 Å². The molecule has 0 saturated carbocycles. The van der Waals surface area contributed by atoms with E-state index in [1.165, 1.54) is 16.8 Å². The molecule has 0 bridgehead atoms. The minimum atomic E-state index is -0.290. The van der Waals surface area contributed by atoms with Crippen molar-refractivity contribution in [3.8, 4) is 0 Å². The summed E-state index contributed by atoms with van der Waals surface area (Å²) in [5.41, 5.74) is 3.61. The van der Waals surface area contributed by atoms with Gasteiger partial charge < -0.3 is 5.11 Å². The van der Waals surface area contributed by atoms with Crippen LogP contribution in [0.25, 0.3) is 0 Å². The van der Waals surface area contributed by atoms with Crippen LogP contribution in [-0.4, -0.2) is 21.0 Å². The molecule has 1 atom stereocenters. The highest BCUT2D eigenvalue weighted by atomic mass is 16.3. The maximum absolute atomic E-state index is 10.1. The Kier molecular flexibility index (Phi) is 4.15. The number of aliphatic hydroxyl groups excluding tert-OH is 1. The van der Waals surface area contributed by atoms with Gasteiger partial charge in [0.05, 0.1) is 6.10 Å². The molecule has 3 heteroatoms. The number of aliphatic hydroxyl groups is 1. The Morgan fingerprint density at radius 1 is 1.33 bits per heavy atom. The Hall–Kier alpha value is -1.61. The first-order valence-electron chi connectivity index (χ1n) is 6.35. The van der Waals surface area contributed by atoms with E-state index in [1.807, 2.05) is 23.9 Å². The normalized spacial score (nSPS) is 12.6. The molecule has 0 aliphatic carbocycles. The molecular weight excluding hydrogens is 224 g/mol. The van der Waals surface area contributed by atoms with Gasteiger partial charge in [0.25, 0.3) is 0 Å². The first-order chi connectivity index (χ1) is 8.65. The number of nitrogens with zero attached hydrogens (tertiary/aromatic N) is 2. The summed E-state index contributed by atoms with van der Waals surface area (Å²) in [6.07, 6.45) is 3.86. The fourth-order valence-corrected chi connectivity index (χ4v) is 2.17. The zero-order valence-electron chi connectivity index (χ0n) is 11.0. The first-order valence-corrected chi connectivity index (χ1v) is 6.35. The van der Waals surface area contributed by atoms with Crippen molar-refractivity contribution in [2.45, 2.75) is 32.3 Å². The zero-order chi connectivity index (χ0) is 13.0. The second-order valence-electron chi connectivity index (χ2n) is 4.83. The van der Waals surface area contributed by atoms with E-state index in [2.05, 4.69) is 30.2 Å². The average molecular weight is 244 g/mol. The second-order valence-corrected chi connectivity index (χ2v) is 4.83. The van der Waals surface area contributed by atoms with Crippen LogP contribution < -0.4 is 0 Å². The topological polar surface area (TPSA) is 38.1 Å². The van der Waals surface area contributed by atoms with Gasteiger partial charge in [-0.2, -0.15) is 5.10 Å². The lowest BCUT2D eigenvalue weighted by molar-refractivity contribution is 0.164. The zero-order valence-corrected chi connectivity index (χ0v) is 11.0. The molecule has 0 saturated heterocycles. The van der Waals surface area contributed by atoms with Crippen molar-refractivity contribution < 1.29 is 5.11 Å². The number of aryl methyl sites for hydroxylation is 3. The third-order valence-electron chi connectivity index (χ3n) is 3.21. The predicted molar refractivity (Wildman–Crippen MR) is 72.4 cm³/mol. The molecule has 2 rings (SSSR count). The van der Waals surface area contributed by atoms with E-state index in [4.69, 9.17) is 0 Å². The largest absolute Gasteiger partial charge is 0.393 e. The Morgan fingerprint density at radius 3 is 2.83 bits per heavy atom. The molecule has 1 aromatic heterocycles. The highest BCUT2D eigenvalue weighted by molar-refractivity contribution is 5.22. The monoisotopic (exact) mass is 244 g/mol. The molecule has 96 valence electrons. The molecule has 0 amide bonds. The van der Waals surface area contributed by atoms with E-state index in [-0.39, 0.29) is 6.10 Å². The molecule has 1 aromatic carbocycles. The van der Waals surface area contributed by atoms with Crippen LogP contribution in [0.1, 0.15) is 23.2 Å². The molecule has 3 nitrogen and oxygen atoms in total. The lowest BCUT2D eigenvalue weighted by Gasteiger charge is -2.11. The summed E-state index contributed by atoms with van der Waals surface area (Å²) in [5, 5.41) is 14.2. The molecule has 1 heterocycles. The number of rotatable bonds is 5. The Morgan fingerprint density at radius 2 is 2.17 bits per heavy atom. The van der Waals surface area contributed by atoms with Gasteiger partial charge in [0.2, 0.25) is 0 Å². The van der Waals surface area contributed by atoms with Crippen molar-refractivity contribution >= 4 is 0 Å². The molecule has 0 spiro atoms. The summed E-state index contributed by atoms with van der Waals surface area (Å²) in [5.74, 6) is 0. The second kappa shape index (κ2) is 5.83. The Bertz CT molecular complexity index is 505. The molecule has 1 N–H and O–H groups in total. The smallest absolute Gasteiger partial charge is 0.0584 e. The first kappa shape index (κ1) is 12.8. The van der Waals surface area contributed by atoms with Crippen LogP contribution in [0.2, 0.25) is 0 Å². The highest BCUT2D eigenvalue weighted by Gasteiger charge is 2.07. The number of hydrogen-bond donors (Lipinski definition) is 1. The van der Waals surface area contributed by atoms with Gasteiger partial charge in [-0.15, -0.1) is 0 Å². The standard InChI is InChI=1S/C15H20N2O/c1-12-4-3-5-13(10-12)11-15(18)7-6-14-8-9-16-17(14)2/h3-5,8-10,15,18H,6-7,11H2,1-2H3. The van der Waals surface area contributed by atoms with Crippen molar-refractivity contribution in [2.75, 3.05) is 0 Å². The number of aromatic nitrogens is 2. The van der Waals surface area contributed by atoms with Gasteiger partial charge in [-0.1, -0.05) is 29.8 Å². The van der Waals surface area contributed by atoms with Crippen molar-refractivity contribution in [1.29, 1.82) is 0 Å². The van der Waals surface area contributed by atoms with Gasteiger partial charge >= 0.3 is 0 Å². The Balaban J connectivity index is 1.86. The predicted octanol–water partition coefficient (Wildman–Crippen LogP) is 2.26. The third-order valence-corrected chi connectivity index (χ3v) is 3.21. The van der Waals surface area contributed by atoms with Crippen LogP contribution in [0, 0.1) is 6.92 Å². The average Bonchev–Trinajstić information content (AvgIpc) is 2.72. The van der Waals surface area contributed by atoms with Gasteiger partial charge in [-0.3, -0.25) is 4.68 Å². The lowest BCUT2D eigenvalue weighted by Crippen LogP contribution is -2.13. The van der Waals surface area contributed by atoms with Gasteiger partial charge in [0, 0.05) is 18.9 Å². The van der Waals surface area contributed by atoms with Gasteiger partial charge in [-0.25, -0.2) is 0 Å². The minimum absolute atomic E-state index is 0.290. The van der Waals surface area contributed by atoms with Crippen LogP contribution in [0.4, 0.5) is 0 Å². The van der Waals surface area contributed by atoms with Crippen molar-refractivity contribution in [2.24, 2.45) is 7.05 Å². The fourth-order valence-electron chi connectivity index (χ4n) is 2.17. The summed E-state index contributed by atoms with van der Waals surface area (Å²) in [6, 6.07) is 10.3. The fraction of sp³-hybridized carbons (Fsp3) is 0.400. The maximum atomic E-state index is 10.1. The summed E-state index contributed by atoms with van der Waals surface area (Å²) >= 11 is 0. The van der Waals surface area contributed by atoms with Crippen LogP contribution in [-0.2, 0) is 19.9 Å². The van der Waals surface area contributed by atoms with Crippen LogP contribution in [0.5, 0.6) is 0 Å². The van der Waals surface area contributed by atoms with E-state index in [0.717, 1.165) is 19.3 Å². The number of benzene rings is 1. The molecule has 0 aliphatic rings. The third kappa shape index (κ3) is 3.44.